The molecule has 1 aromatic rings. The van der Waals surface area contributed by atoms with E-state index in [1.54, 1.807) is 29.2 Å². The predicted octanol–water partition coefficient (Wildman–Crippen LogP) is 2.88. The first-order chi connectivity index (χ1) is 11.1. The summed E-state index contributed by atoms with van der Waals surface area (Å²) in [4.78, 5) is 25.5. The molecule has 0 saturated carbocycles. The van der Waals surface area contributed by atoms with E-state index in [4.69, 9.17) is 9.84 Å². The van der Waals surface area contributed by atoms with Gasteiger partial charge >= 0.3 is 12.0 Å². The summed E-state index contributed by atoms with van der Waals surface area (Å²) in [5, 5.41) is 11.8. The van der Waals surface area contributed by atoms with E-state index >= 15 is 0 Å². The summed E-state index contributed by atoms with van der Waals surface area (Å²) in [6, 6.07) is 6.31. The van der Waals surface area contributed by atoms with Crippen LogP contribution in [0.5, 0.6) is 0 Å². The van der Waals surface area contributed by atoms with Crippen LogP contribution in [0.15, 0.2) is 24.3 Å². The number of ether oxygens (including phenoxy) is 1. The topological polar surface area (TPSA) is 78.9 Å². The van der Waals surface area contributed by atoms with Gasteiger partial charge in [0.25, 0.3) is 0 Å². The van der Waals surface area contributed by atoms with Crippen molar-refractivity contribution in [3.63, 3.8) is 0 Å². The fraction of sp³-hybridized carbons (Fsp3) is 0.529. The largest absolute Gasteiger partial charge is 0.462 e. The number of unbranched alkanes of at least 4 members (excludes halogenated alkanes) is 1. The molecular formula is C17H26N2O4. The van der Waals surface area contributed by atoms with Crippen LogP contribution in [-0.2, 0) is 4.74 Å². The van der Waals surface area contributed by atoms with Crippen molar-refractivity contribution in [3.8, 4) is 0 Å². The minimum Gasteiger partial charge on any atom is -0.462 e. The Kier molecular flexibility index (Phi) is 8.75. The first-order valence-electron chi connectivity index (χ1n) is 8.06. The molecule has 2 N–H and O–H groups in total. The molecule has 0 spiro atoms. The van der Waals surface area contributed by atoms with E-state index in [1.165, 1.54) is 0 Å². The van der Waals surface area contributed by atoms with Crippen LogP contribution >= 0.6 is 0 Å². The van der Waals surface area contributed by atoms with Crippen LogP contribution in [0.25, 0.3) is 0 Å². The van der Waals surface area contributed by atoms with Gasteiger partial charge in [-0.25, -0.2) is 9.59 Å². The van der Waals surface area contributed by atoms with Crippen LogP contribution in [0.1, 0.15) is 43.5 Å². The standard InChI is InChI=1S/C17H26N2O4/c1-3-5-10-19(11-12-20)17(22)18-15-8-6-14(7-9-15)16(21)23-13-4-2/h6-9,20H,3-5,10-13H2,1-2H3,(H,18,22). The van der Waals surface area contributed by atoms with Crippen molar-refractivity contribution in [2.45, 2.75) is 33.1 Å². The molecule has 2 amide bonds. The summed E-state index contributed by atoms with van der Waals surface area (Å²) in [6.07, 6.45) is 2.64. The van der Waals surface area contributed by atoms with E-state index in [2.05, 4.69) is 5.32 Å². The molecule has 0 aromatic heterocycles. The first-order valence-corrected chi connectivity index (χ1v) is 8.06. The molecule has 0 aliphatic carbocycles. The molecule has 6 heteroatoms. The Balaban J connectivity index is 2.61. The molecular weight excluding hydrogens is 296 g/mol. The third-order valence-electron chi connectivity index (χ3n) is 3.25. The molecule has 1 aromatic carbocycles. The molecule has 0 unspecified atom stereocenters. The fourth-order valence-electron chi connectivity index (χ4n) is 1.95. The molecule has 23 heavy (non-hydrogen) atoms. The third-order valence-corrected chi connectivity index (χ3v) is 3.25. The number of carbonyl (C=O) groups excluding carboxylic acids is 2. The van der Waals surface area contributed by atoms with Crippen LogP contribution < -0.4 is 5.32 Å². The highest BCUT2D eigenvalue weighted by molar-refractivity contribution is 5.92. The van der Waals surface area contributed by atoms with Crippen LogP contribution in [0.4, 0.5) is 10.5 Å². The monoisotopic (exact) mass is 322 g/mol. The number of hydrogen-bond acceptors (Lipinski definition) is 4. The number of aliphatic hydroxyl groups excluding tert-OH is 1. The number of benzene rings is 1. The van der Waals surface area contributed by atoms with E-state index in [-0.39, 0.29) is 18.6 Å². The number of nitrogens with zero attached hydrogens (tertiary/aromatic N) is 1. The number of urea groups is 1. The molecule has 1 rings (SSSR count). The van der Waals surface area contributed by atoms with Crippen LogP contribution in [0, 0.1) is 0 Å². The zero-order valence-electron chi connectivity index (χ0n) is 13.9. The van der Waals surface area contributed by atoms with Crippen molar-refractivity contribution in [3.05, 3.63) is 29.8 Å². The van der Waals surface area contributed by atoms with Gasteiger partial charge in [0.1, 0.15) is 0 Å². The average molecular weight is 322 g/mol. The predicted molar refractivity (Wildman–Crippen MR) is 89.6 cm³/mol. The maximum atomic E-state index is 12.2. The quantitative estimate of drug-likeness (QED) is 0.685. The lowest BCUT2D eigenvalue weighted by Gasteiger charge is -2.22. The molecule has 0 radical (unpaired) electrons. The number of hydrogen-bond donors (Lipinski definition) is 2. The van der Waals surface area contributed by atoms with Gasteiger partial charge in [0.15, 0.2) is 0 Å². The van der Waals surface area contributed by atoms with Gasteiger partial charge in [-0.05, 0) is 37.1 Å². The van der Waals surface area contributed by atoms with E-state index in [0.29, 0.717) is 30.9 Å². The van der Waals surface area contributed by atoms with E-state index in [0.717, 1.165) is 19.3 Å². The minimum atomic E-state index is -0.366. The van der Waals surface area contributed by atoms with Crippen molar-refractivity contribution in [2.75, 3.05) is 31.6 Å². The third kappa shape index (κ3) is 6.69. The van der Waals surface area contributed by atoms with Gasteiger partial charge in [-0.2, -0.15) is 0 Å². The molecule has 0 aliphatic heterocycles. The number of anilines is 1. The summed E-state index contributed by atoms with van der Waals surface area (Å²) in [5.41, 5.74) is 1.05. The molecule has 0 heterocycles. The molecule has 0 fully saturated rings. The number of esters is 1. The molecule has 0 aliphatic rings. The van der Waals surface area contributed by atoms with Gasteiger partial charge < -0.3 is 20.1 Å². The highest BCUT2D eigenvalue weighted by Crippen LogP contribution is 2.12. The van der Waals surface area contributed by atoms with Gasteiger partial charge in [0.05, 0.1) is 18.8 Å². The Morgan fingerprint density at radius 2 is 1.83 bits per heavy atom. The van der Waals surface area contributed by atoms with Crippen molar-refractivity contribution in [2.24, 2.45) is 0 Å². The van der Waals surface area contributed by atoms with Gasteiger partial charge in [0, 0.05) is 18.8 Å². The smallest absolute Gasteiger partial charge is 0.338 e. The summed E-state index contributed by atoms with van der Waals surface area (Å²) in [6.45, 7) is 5.20. The van der Waals surface area contributed by atoms with E-state index in [9.17, 15) is 9.59 Å². The zero-order valence-corrected chi connectivity index (χ0v) is 13.9. The molecule has 0 bridgehead atoms. The summed E-state index contributed by atoms with van der Waals surface area (Å²) >= 11 is 0. The van der Waals surface area contributed by atoms with Gasteiger partial charge in [0.2, 0.25) is 0 Å². The SMILES string of the molecule is CCCCN(CCO)C(=O)Nc1ccc(C(=O)OCCC)cc1. The Labute approximate surface area is 137 Å². The van der Waals surface area contributed by atoms with E-state index < -0.39 is 0 Å². The van der Waals surface area contributed by atoms with E-state index in [1.807, 2.05) is 13.8 Å². The fourth-order valence-corrected chi connectivity index (χ4v) is 1.95. The number of carbonyl (C=O) groups is 2. The lowest BCUT2D eigenvalue weighted by Crippen LogP contribution is -2.37. The molecule has 0 atom stereocenters. The first kappa shape index (κ1) is 19.0. The highest BCUT2D eigenvalue weighted by Gasteiger charge is 2.13. The second-order valence-electron chi connectivity index (χ2n) is 5.21. The maximum Gasteiger partial charge on any atom is 0.338 e. The zero-order chi connectivity index (χ0) is 17.1. The van der Waals surface area contributed by atoms with Crippen molar-refractivity contribution < 1.29 is 19.4 Å². The van der Waals surface area contributed by atoms with Crippen LogP contribution in [0.3, 0.4) is 0 Å². The van der Waals surface area contributed by atoms with Crippen LogP contribution in [-0.4, -0.2) is 48.3 Å². The summed E-state index contributed by atoms with van der Waals surface area (Å²) < 4.78 is 5.05. The van der Waals surface area contributed by atoms with Gasteiger partial charge in [-0.3, -0.25) is 0 Å². The average Bonchev–Trinajstić information content (AvgIpc) is 2.57. The van der Waals surface area contributed by atoms with Crippen molar-refractivity contribution in [1.82, 2.24) is 4.90 Å². The van der Waals surface area contributed by atoms with Crippen molar-refractivity contribution in [1.29, 1.82) is 0 Å². The van der Waals surface area contributed by atoms with Crippen LogP contribution in [0.2, 0.25) is 0 Å². The Bertz CT molecular complexity index is 488. The Hall–Kier alpha value is -2.08. The van der Waals surface area contributed by atoms with Gasteiger partial charge in [-0.1, -0.05) is 20.3 Å². The minimum absolute atomic E-state index is 0.0701. The number of nitrogens with one attached hydrogen (secondary N) is 1. The Morgan fingerprint density at radius 3 is 2.39 bits per heavy atom. The number of aliphatic hydroxyl groups is 1. The van der Waals surface area contributed by atoms with Gasteiger partial charge in [-0.15, -0.1) is 0 Å². The molecule has 6 nitrogen and oxygen atoms in total. The second-order valence-corrected chi connectivity index (χ2v) is 5.21. The number of rotatable bonds is 9. The lowest BCUT2D eigenvalue weighted by atomic mass is 10.2. The molecule has 128 valence electrons. The summed E-state index contributed by atoms with van der Waals surface area (Å²) in [7, 11) is 0. The normalized spacial score (nSPS) is 10.2. The van der Waals surface area contributed by atoms with Crippen molar-refractivity contribution >= 4 is 17.7 Å². The number of amides is 2. The maximum absolute atomic E-state index is 12.2. The second kappa shape index (κ2) is 10.6. The Morgan fingerprint density at radius 1 is 1.13 bits per heavy atom. The highest BCUT2D eigenvalue weighted by atomic mass is 16.5. The lowest BCUT2D eigenvalue weighted by molar-refractivity contribution is 0.0505. The summed E-state index contributed by atoms with van der Waals surface area (Å²) in [5.74, 6) is -0.366. The molecule has 0 saturated heterocycles.